The summed E-state index contributed by atoms with van der Waals surface area (Å²) >= 11 is 0. The molecule has 0 aliphatic carbocycles. The van der Waals surface area contributed by atoms with E-state index in [1.807, 2.05) is 0 Å². The second kappa shape index (κ2) is 9.22. The third-order valence-electron chi connectivity index (χ3n) is 5.79. The lowest BCUT2D eigenvalue weighted by molar-refractivity contribution is -0.277. The average molecular weight is 530 g/mol. The van der Waals surface area contributed by atoms with Gasteiger partial charge >= 0.3 is 12.4 Å². The van der Waals surface area contributed by atoms with E-state index < -0.39 is 62.5 Å². The van der Waals surface area contributed by atoms with Crippen molar-refractivity contribution in [1.29, 1.82) is 0 Å². The Kier molecular flexibility index (Phi) is 7.16. The van der Waals surface area contributed by atoms with Gasteiger partial charge in [0.1, 0.15) is 5.82 Å². The first-order valence-electron chi connectivity index (χ1n) is 10.2. The van der Waals surface area contributed by atoms with E-state index in [0.29, 0.717) is 12.1 Å². The Labute approximate surface area is 196 Å². The van der Waals surface area contributed by atoms with Gasteiger partial charge in [-0.25, -0.2) is 12.8 Å². The number of benzene rings is 2. The molecule has 6 nitrogen and oxygen atoms in total. The molecule has 1 aliphatic rings. The summed E-state index contributed by atoms with van der Waals surface area (Å²) in [4.78, 5) is 0.660. The molecule has 1 aliphatic heterocycles. The maximum Gasteiger partial charge on any atom is 0.423 e. The number of alkyl halides is 6. The van der Waals surface area contributed by atoms with Crippen LogP contribution in [0.4, 0.5) is 36.4 Å². The van der Waals surface area contributed by atoms with Crippen molar-refractivity contribution in [2.75, 3.05) is 31.1 Å². The van der Waals surface area contributed by atoms with Crippen molar-refractivity contribution in [3.63, 3.8) is 0 Å². The predicted molar refractivity (Wildman–Crippen MR) is 110 cm³/mol. The number of piperazine rings is 1. The standard InChI is InChI=1S/C21H21F7N2O4S/c1-13-11-29(18-6-5-15(22)10-17(18)20(23,24)25)7-8-30(13)35(33,34)16-4-2-3-14(9-16)19(32,12-31)21(26,27)28/h2-6,9-10,13,31-32H,7-8,11-12H2,1H3/t13-,19+/m1/s1. The Hall–Kier alpha value is -2.42. The summed E-state index contributed by atoms with van der Waals surface area (Å²) in [6, 6.07) is 4.63. The van der Waals surface area contributed by atoms with Gasteiger partial charge in [-0.2, -0.15) is 30.6 Å². The van der Waals surface area contributed by atoms with Gasteiger partial charge in [-0.1, -0.05) is 12.1 Å². The molecular formula is C21H21F7N2O4S. The summed E-state index contributed by atoms with van der Waals surface area (Å²) in [5, 5.41) is 19.1. The summed E-state index contributed by atoms with van der Waals surface area (Å²) in [5.41, 5.74) is -6.13. The first-order valence-corrected chi connectivity index (χ1v) is 11.6. The number of rotatable bonds is 5. The first kappa shape index (κ1) is 27.2. The summed E-state index contributed by atoms with van der Waals surface area (Å²) in [6.45, 7) is -1.07. The quantitative estimate of drug-likeness (QED) is 0.579. The number of hydrogen-bond acceptors (Lipinski definition) is 5. The highest BCUT2D eigenvalue weighted by Gasteiger charge is 2.55. The van der Waals surface area contributed by atoms with Crippen LogP contribution >= 0.6 is 0 Å². The van der Waals surface area contributed by atoms with Crippen LogP contribution in [0.3, 0.4) is 0 Å². The Morgan fingerprint density at radius 2 is 1.69 bits per heavy atom. The molecule has 2 aromatic carbocycles. The number of sulfonamides is 1. The zero-order valence-electron chi connectivity index (χ0n) is 18.1. The van der Waals surface area contributed by atoms with Crippen molar-refractivity contribution in [3.8, 4) is 0 Å². The molecule has 0 spiro atoms. The fourth-order valence-corrected chi connectivity index (χ4v) is 5.58. The molecule has 1 fully saturated rings. The number of nitrogens with zero attached hydrogens (tertiary/aromatic N) is 2. The SMILES string of the molecule is C[C@@H]1CN(c2ccc(F)cc2C(F)(F)F)CCN1S(=O)(=O)c1cccc([C@@](O)(CO)C(F)(F)F)c1. The zero-order chi connectivity index (χ0) is 26.4. The van der Waals surface area contributed by atoms with Gasteiger partial charge in [0.2, 0.25) is 15.6 Å². The van der Waals surface area contributed by atoms with E-state index in [-0.39, 0.29) is 25.3 Å². The molecule has 35 heavy (non-hydrogen) atoms. The normalized spacial score (nSPS) is 20.1. The van der Waals surface area contributed by atoms with Crippen LogP contribution in [0.15, 0.2) is 47.4 Å². The van der Waals surface area contributed by atoms with Gasteiger partial charge in [-0.15, -0.1) is 0 Å². The molecular weight excluding hydrogens is 509 g/mol. The van der Waals surface area contributed by atoms with Crippen molar-refractivity contribution in [2.24, 2.45) is 0 Å². The lowest BCUT2D eigenvalue weighted by Gasteiger charge is -2.41. The molecule has 0 bridgehead atoms. The molecule has 0 amide bonds. The fraction of sp³-hybridized carbons (Fsp3) is 0.429. The maximum atomic E-state index is 13.4. The van der Waals surface area contributed by atoms with Gasteiger partial charge < -0.3 is 15.1 Å². The van der Waals surface area contributed by atoms with Crippen LogP contribution in [-0.4, -0.2) is 61.4 Å². The molecule has 14 heteroatoms. The van der Waals surface area contributed by atoms with E-state index in [9.17, 15) is 44.3 Å². The Bertz CT molecular complexity index is 1190. The molecule has 1 saturated heterocycles. The maximum absolute atomic E-state index is 13.4. The van der Waals surface area contributed by atoms with Crippen LogP contribution in [0.2, 0.25) is 0 Å². The average Bonchev–Trinajstić information content (AvgIpc) is 2.77. The van der Waals surface area contributed by atoms with E-state index in [1.54, 1.807) is 0 Å². The summed E-state index contributed by atoms with van der Waals surface area (Å²) in [5.74, 6) is -1.09. The number of aliphatic hydroxyl groups excluding tert-OH is 1. The largest absolute Gasteiger partial charge is 0.423 e. The molecule has 2 atom stereocenters. The number of hydrogen-bond donors (Lipinski definition) is 2. The third-order valence-corrected chi connectivity index (χ3v) is 7.80. The minimum Gasteiger partial charge on any atom is -0.393 e. The van der Waals surface area contributed by atoms with Crippen LogP contribution < -0.4 is 4.90 Å². The number of aliphatic hydroxyl groups is 2. The van der Waals surface area contributed by atoms with E-state index in [4.69, 9.17) is 5.11 Å². The molecule has 0 radical (unpaired) electrons. The van der Waals surface area contributed by atoms with Gasteiger partial charge in [0.25, 0.3) is 0 Å². The molecule has 194 valence electrons. The fourth-order valence-electron chi connectivity index (χ4n) is 3.92. The second-order valence-electron chi connectivity index (χ2n) is 8.11. The summed E-state index contributed by atoms with van der Waals surface area (Å²) < 4.78 is 121. The van der Waals surface area contributed by atoms with Crippen LogP contribution in [0.25, 0.3) is 0 Å². The molecule has 0 saturated carbocycles. The molecule has 0 unspecified atom stereocenters. The van der Waals surface area contributed by atoms with E-state index in [0.717, 1.165) is 34.6 Å². The number of halogens is 7. The van der Waals surface area contributed by atoms with Crippen molar-refractivity contribution in [1.82, 2.24) is 4.31 Å². The van der Waals surface area contributed by atoms with Crippen molar-refractivity contribution < 1.29 is 49.4 Å². The van der Waals surface area contributed by atoms with E-state index in [2.05, 4.69) is 0 Å². The third kappa shape index (κ3) is 5.10. The van der Waals surface area contributed by atoms with Gasteiger partial charge in [0.05, 0.1) is 17.1 Å². The lowest BCUT2D eigenvalue weighted by Crippen LogP contribution is -2.54. The predicted octanol–water partition coefficient (Wildman–Crippen LogP) is 3.49. The second-order valence-corrected chi connectivity index (χ2v) is 10.0. The van der Waals surface area contributed by atoms with Crippen LogP contribution in [0, 0.1) is 5.82 Å². The molecule has 0 aromatic heterocycles. The lowest BCUT2D eigenvalue weighted by atomic mass is 9.94. The highest BCUT2D eigenvalue weighted by molar-refractivity contribution is 7.89. The van der Waals surface area contributed by atoms with Crippen molar-refractivity contribution in [3.05, 3.63) is 59.4 Å². The summed E-state index contributed by atoms with van der Waals surface area (Å²) in [6.07, 6.45) is -10.2. The van der Waals surface area contributed by atoms with Crippen LogP contribution in [0.5, 0.6) is 0 Å². The minimum atomic E-state index is -5.30. The van der Waals surface area contributed by atoms with Gasteiger partial charge in [-0.05, 0) is 42.8 Å². The topological polar surface area (TPSA) is 81.1 Å². The van der Waals surface area contributed by atoms with E-state index >= 15 is 0 Å². The molecule has 2 N–H and O–H groups in total. The van der Waals surface area contributed by atoms with Crippen molar-refractivity contribution in [2.45, 2.75) is 35.8 Å². The Morgan fingerprint density at radius 3 is 2.23 bits per heavy atom. The van der Waals surface area contributed by atoms with Crippen LogP contribution in [0.1, 0.15) is 18.1 Å². The zero-order valence-corrected chi connectivity index (χ0v) is 18.9. The summed E-state index contributed by atoms with van der Waals surface area (Å²) in [7, 11) is -4.43. The highest BCUT2D eigenvalue weighted by atomic mass is 32.2. The molecule has 1 heterocycles. The highest BCUT2D eigenvalue weighted by Crippen LogP contribution is 2.40. The first-order chi connectivity index (χ1) is 16.0. The molecule has 3 rings (SSSR count). The van der Waals surface area contributed by atoms with Gasteiger partial charge in [0.15, 0.2) is 0 Å². The number of anilines is 1. The Morgan fingerprint density at radius 1 is 1.03 bits per heavy atom. The molecule has 2 aromatic rings. The van der Waals surface area contributed by atoms with Gasteiger partial charge in [0, 0.05) is 31.4 Å². The van der Waals surface area contributed by atoms with Gasteiger partial charge in [-0.3, -0.25) is 0 Å². The smallest absolute Gasteiger partial charge is 0.393 e. The van der Waals surface area contributed by atoms with E-state index in [1.165, 1.54) is 11.8 Å². The van der Waals surface area contributed by atoms with Crippen molar-refractivity contribution >= 4 is 15.7 Å². The minimum absolute atomic E-state index is 0.207. The monoisotopic (exact) mass is 530 g/mol. The Balaban J connectivity index is 1.91. The van der Waals surface area contributed by atoms with Crippen LogP contribution in [-0.2, 0) is 21.8 Å².